The molecule has 4 nitrogen and oxygen atoms in total. The Labute approximate surface area is 70.5 Å². The van der Waals surface area contributed by atoms with Gasteiger partial charge in [0.25, 0.3) is 0 Å². The number of hydrogen-bond donors (Lipinski definition) is 1. The smallest absolute Gasteiger partial charge is 0.321 e. The number of aliphatic carboxylic acids is 1. The van der Waals surface area contributed by atoms with Gasteiger partial charge in [-0.1, -0.05) is 0 Å². The van der Waals surface area contributed by atoms with Gasteiger partial charge >= 0.3 is 11.9 Å². The number of terminal acetylenes is 1. The van der Waals surface area contributed by atoms with Crippen molar-refractivity contribution < 1.29 is 19.4 Å². The fraction of sp³-hybridized carbons (Fsp3) is 0.500. The lowest BCUT2D eigenvalue weighted by atomic mass is 10.1. The summed E-state index contributed by atoms with van der Waals surface area (Å²) in [7, 11) is 0. The molecule has 0 heterocycles. The first-order chi connectivity index (χ1) is 5.63. The van der Waals surface area contributed by atoms with Crippen molar-refractivity contribution in [2.24, 2.45) is 5.92 Å². The van der Waals surface area contributed by atoms with Crippen molar-refractivity contribution in [3.05, 3.63) is 0 Å². The second-order valence-electron chi connectivity index (χ2n) is 2.05. The third kappa shape index (κ3) is 3.06. The summed E-state index contributed by atoms with van der Waals surface area (Å²) in [5.41, 5.74) is 0. The molecule has 0 aliphatic rings. The minimum atomic E-state index is -1.24. The van der Waals surface area contributed by atoms with Gasteiger partial charge in [-0.05, 0) is 6.92 Å². The molecule has 0 fully saturated rings. The molecule has 0 rings (SSSR count). The quantitative estimate of drug-likeness (QED) is 0.374. The summed E-state index contributed by atoms with van der Waals surface area (Å²) < 4.78 is 4.50. The maximum Gasteiger partial charge on any atom is 0.321 e. The minimum absolute atomic E-state index is 0.131. The number of carboxylic acids is 1. The Morgan fingerprint density at radius 2 is 2.25 bits per heavy atom. The zero-order valence-corrected chi connectivity index (χ0v) is 6.74. The SMILES string of the molecule is C#CCC(C(=O)O)C(=O)OCC. The van der Waals surface area contributed by atoms with Crippen molar-refractivity contribution in [3.8, 4) is 12.3 Å². The predicted molar refractivity (Wildman–Crippen MR) is 41.2 cm³/mol. The summed E-state index contributed by atoms with van der Waals surface area (Å²) in [6, 6.07) is 0. The average molecular weight is 170 g/mol. The van der Waals surface area contributed by atoms with Crippen molar-refractivity contribution in [3.63, 3.8) is 0 Å². The van der Waals surface area contributed by atoms with E-state index in [1.54, 1.807) is 6.92 Å². The van der Waals surface area contributed by atoms with E-state index in [4.69, 9.17) is 11.5 Å². The van der Waals surface area contributed by atoms with Crippen LogP contribution in [0.5, 0.6) is 0 Å². The molecule has 1 N–H and O–H groups in total. The predicted octanol–water partition coefficient (Wildman–Crippen LogP) is 0.274. The van der Waals surface area contributed by atoms with E-state index in [2.05, 4.69) is 10.7 Å². The summed E-state index contributed by atoms with van der Waals surface area (Å²) in [6.07, 6.45) is 4.75. The lowest BCUT2D eigenvalue weighted by Gasteiger charge is -2.06. The van der Waals surface area contributed by atoms with Gasteiger partial charge in [-0.3, -0.25) is 9.59 Å². The van der Waals surface area contributed by atoms with Crippen LogP contribution in [0.15, 0.2) is 0 Å². The summed E-state index contributed by atoms with van der Waals surface area (Å²) >= 11 is 0. The summed E-state index contributed by atoms with van der Waals surface area (Å²) in [5.74, 6) is -1.14. The molecule has 4 heteroatoms. The Morgan fingerprint density at radius 3 is 2.58 bits per heavy atom. The highest BCUT2D eigenvalue weighted by atomic mass is 16.5. The molecule has 0 radical (unpaired) electrons. The third-order valence-electron chi connectivity index (χ3n) is 1.19. The topological polar surface area (TPSA) is 63.6 Å². The van der Waals surface area contributed by atoms with Crippen LogP contribution in [-0.4, -0.2) is 23.7 Å². The molecule has 0 saturated heterocycles. The molecule has 0 amide bonds. The van der Waals surface area contributed by atoms with E-state index >= 15 is 0 Å². The van der Waals surface area contributed by atoms with Crippen LogP contribution >= 0.6 is 0 Å². The van der Waals surface area contributed by atoms with Crippen molar-refractivity contribution >= 4 is 11.9 Å². The Morgan fingerprint density at radius 1 is 1.67 bits per heavy atom. The fourth-order valence-electron chi connectivity index (χ4n) is 0.632. The molecule has 1 unspecified atom stereocenters. The largest absolute Gasteiger partial charge is 0.481 e. The van der Waals surface area contributed by atoms with E-state index in [1.165, 1.54) is 0 Å². The van der Waals surface area contributed by atoms with Gasteiger partial charge in [0.05, 0.1) is 6.61 Å². The fourth-order valence-corrected chi connectivity index (χ4v) is 0.632. The molecule has 0 aromatic heterocycles. The van der Waals surface area contributed by atoms with Gasteiger partial charge < -0.3 is 9.84 Å². The molecule has 0 aliphatic heterocycles. The van der Waals surface area contributed by atoms with Crippen molar-refractivity contribution in [2.45, 2.75) is 13.3 Å². The molecule has 0 bridgehead atoms. The number of ether oxygens (including phenoxy) is 1. The summed E-state index contributed by atoms with van der Waals surface area (Å²) in [5, 5.41) is 8.51. The van der Waals surface area contributed by atoms with Crippen LogP contribution in [0.3, 0.4) is 0 Å². The van der Waals surface area contributed by atoms with Crippen LogP contribution in [0.1, 0.15) is 13.3 Å². The highest BCUT2D eigenvalue weighted by Crippen LogP contribution is 2.04. The second kappa shape index (κ2) is 5.19. The highest BCUT2D eigenvalue weighted by molar-refractivity contribution is 5.94. The molecule has 0 aromatic carbocycles. The van der Waals surface area contributed by atoms with Crippen LogP contribution in [0.4, 0.5) is 0 Å². The van der Waals surface area contributed by atoms with E-state index in [0.29, 0.717) is 0 Å². The number of carbonyl (C=O) groups is 2. The number of carboxylic acid groups (broad SMARTS) is 1. The lowest BCUT2D eigenvalue weighted by molar-refractivity contribution is -0.158. The van der Waals surface area contributed by atoms with Crippen LogP contribution in [0.2, 0.25) is 0 Å². The maximum absolute atomic E-state index is 10.9. The lowest BCUT2D eigenvalue weighted by Crippen LogP contribution is -2.25. The molecular weight excluding hydrogens is 160 g/mol. The molecule has 0 spiro atoms. The van der Waals surface area contributed by atoms with Gasteiger partial charge in [0.1, 0.15) is 0 Å². The van der Waals surface area contributed by atoms with E-state index in [1.807, 2.05) is 0 Å². The third-order valence-corrected chi connectivity index (χ3v) is 1.19. The zero-order chi connectivity index (χ0) is 9.56. The van der Waals surface area contributed by atoms with Gasteiger partial charge in [0, 0.05) is 6.42 Å². The van der Waals surface area contributed by atoms with Crippen LogP contribution < -0.4 is 0 Å². The number of carbonyl (C=O) groups excluding carboxylic acids is 1. The molecule has 1 atom stereocenters. The molecular formula is C8H10O4. The van der Waals surface area contributed by atoms with Crippen LogP contribution in [0.25, 0.3) is 0 Å². The molecule has 0 saturated carbocycles. The molecule has 0 aromatic rings. The normalized spacial score (nSPS) is 11.3. The second-order valence-corrected chi connectivity index (χ2v) is 2.05. The van der Waals surface area contributed by atoms with E-state index in [-0.39, 0.29) is 13.0 Å². The zero-order valence-electron chi connectivity index (χ0n) is 6.74. The molecule has 12 heavy (non-hydrogen) atoms. The minimum Gasteiger partial charge on any atom is -0.481 e. The van der Waals surface area contributed by atoms with Gasteiger partial charge in [0.15, 0.2) is 5.92 Å². The van der Waals surface area contributed by atoms with Gasteiger partial charge in [0.2, 0.25) is 0 Å². The van der Waals surface area contributed by atoms with Gasteiger partial charge in [-0.25, -0.2) is 0 Å². The summed E-state index contributed by atoms with van der Waals surface area (Å²) in [4.78, 5) is 21.3. The molecule has 0 aliphatic carbocycles. The van der Waals surface area contributed by atoms with Crippen LogP contribution in [0, 0.1) is 18.3 Å². The Balaban J connectivity index is 4.21. The first-order valence-electron chi connectivity index (χ1n) is 3.46. The Hall–Kier alpha value is -1.50. The van der Waals surface area contributed by atoms with Crippen molar-refractivity contribution in [1.29, 1.82) is 0 Å². The van der Waals surface area contributed by atoms with Gasteiger partial charge in [-0.2, -0.15) is 0 Å². The monoisotopic (exact) mass is 170 g/mol. The average Bonchev–Trinajstić information content (AvgIpc) is 1.99. The van der Waals surface area contributed by atoms with E-state index in [0.717, 1.165) is 0 Å². The Kier molecular flexibility index (Phi) is 4.54. The van der Waals surface area contributed by atoms with Crippen molar-refractivity contribution in [1.82, 2.24) is 0 Å². The number of esters is 1. The first-order valence-corrected chi connectivity index (χ1v) is 3.46. The Bertz CT molecular complexity index is 214. The molecule has 66 valence electrons. The standard InChI is InChI=1S/C8H10O4/c1-3-5-6(7(9)10)8(11)12-4-2/h1,6H,4-5H2,2H3,(H,9,10). The van der Waals surface area contributed by atoms with Gasteiger partial charge in [-0.15, -0.1) is 12.3 Å². The van der Waals surface area contributed by atoms with E-state index < -0.39 is 17.9 Å². The maximum atomic E-state index is 10.9. The van der Waals surface area contributed by atoms with E-state index in [9.17, 15) is 9.59 Å². The van der Waals surface area contributed by atoms with Crippen molar-refractivity contribution in [2.75, 3.05) is 6.61 Å². The number of hydrogen-bond acceptors (Lipinski definition) is 3. The summed E-state index contributed by atoms with van der Waals surface area (Å²) in [6.45, 7) is 1.76. The first kappa shape index (κ1) is 10.5. The number of rotatable bonds is 4. The van der Waals surface area contributed by atoms with Crippen LogP contribution in [-0.2, 0) is 14.3 Å². The highest BCUT2D eigenvalue weighted by Gasteiger charge is 2.26.